The van der Waals surface area contributed by atoms with Gasteiger partial charge in [0.05, 0.1) is 11.4 Å². The number of nitrogens with zero attached hydrogens (tertiary/aromatic N) is 3. The summed E-state index contributed by atoms with van der Waals surface area (Å²) in [5.74, 6) is 0.258. The predicted octanol–water partition coefficient (Wildman–Crippen LogP) is 2.65. The third-order valence-electron chi connectivity index (χ3n) is 2.11. The molecule has 8 heteroatoms. The molecule has 0 aliphatic rings. The third kappa shape index (κ3) is 3.50. The number of carbonyl (C=O) groups is 1. The molecular formula is C10H12N4OS3. The van der Waals surface area contributed by atoms with E-state index in [4.69, 9.17) is 0 Å². The lowest BCUT2D eigenvalue weighted by Crippen LogP contribution is -2.13. The van der Waals surface area contributed by atoms with E-state index < -0.39 is 0 Å². The summed E-state index contributed by atoms with van der Waals surface area (Å²) in [6.45, 7) is 5.81. The Morgan fingerprint density at radius 2 is 2.06 bits per heavy atom. The zero-order chi connectivity index (χ0) is 13.1. The molecule has 2 aromatic heterocycles. The highest BCUT2D eigenvalue weighted by molar-refractivity contribution is 8.01. The van der Waals surface area contributed by atoms with Gasteiger partial charge in [-0.2, -0.15) is 0 Å². The third-order valence-corrected chi connectivity index (χ3v) is 5.07. The number of aromatic nitrogens is 3. The largest absolute Gasteiger partial charge is 0.301 e. The summed E-state index contributed by atoms with van der Waals surface area (Å²) in [6.07, 6.45) is 0. The molecule has 2 aromatic rings. The summed E-state index contributed by atoms with van der Waals surface area (Å²) in [4.78, 5) is 17.1. The first-order valence-electron chi connectivity index (χ1n) is 5.21. The molecule has 0 unspecified atom stereocenters. The van der Waals surface area contributed by atoms with Crippen molar-refractivity contribution in [2.24, 2.45) is 0 Å². The molecule has 2 rings (SSSR count). The van der Waals surface area contributed by atoms with Crippen LogP contribution in [0.4, 0.5) is 5.13 Å². The number of aryl methyl sites for hydroxylation is 3. The molecule has 0 radical (unpaired) electrons. The first-order chi connectivity index (χ1) is 8.54. The quantitative estimate of drug-likeness (QED) is 0.879. The minimum atomic E-state index is -0.0680. The SMILES string of the molecule is Cc1nnc(SCC(=O)Nc2nc(C)c(C)s2)s1. The van der Waals surface area contributed by atoms with Gasteiger partial charge in [0.1, 0.15) is 5.01 Å². The van der Waals surface area contributed by atoms with Crippen LogP contribution < -0.4 is 5.32 Å². The molecule has 0 saturated heterocycles. The molecule has 0 saturated carbocycles. The zero-order valence-corrected chi connectivity index (χ0v) is 12.6. The van der Waals surface area contributed by atoms with Gasteiger partial charge in [-0.3, -0.25) is 4.79 Å². The molecular weight excluding hydrogens is 288 g/mol. The van der Waals surface area contributed by atoms with Gasteiger partial charge in [-0.25, -0.2) is 4.98 Å². The summed E-state index contributed by atoms with van der Waals surface area (Å²) >= 11 is 4.37. The minimum absolute atomic E-state index is 0.0680. The Labute approximate surface area is 117 Å². The molecule has 2 heterocycles. The predicted molar refractivity (Wildman–Crippen MR) is 75.6 cm³/mol. The Balaban J connectivity index is 1.85. The maximum Gasteiger partial charge on any atom is 0.236 e. The Morgan fingerprint density at radius 3 is 2.61 bits per heavy atom. The monoisotopic (exact) mass is 300 g/mol. The Morgan fingerprint density at radius 1 is 1.28 bits per heavy atom. The van der Waals surface area contributed by atoms with Crippen molar-refractivity contribution in [3.63, 3.8) is 0 Å². The second kappa shape index (κ2) is 5.77. The van der Waals surface area contributed by atoms with Crippen molar-refractivity contribution >= 4 is 45.5 Å². The number of amides is 1. The normalized spacial score (nSPS) is 10.6. The lowest BCUT2D eigenvalue weighted by molar-refractivity contribution is -0.113. The van der Waals surface area contributed by atoms with Gasteiger partial charge in [-0.05, 0) is 20.8 Å². The molecule has 0 bridgehead atoms. The van der Waals surface area contributed by atoms with Gasteiger partial charge in [0.2, 0.25) is 5.91 Å². The summed E-state index contributed by atoms with van der Waals surface area (Å²) in [5.41, 5.74) is 0.961. The van der Waals surface area contributed by atoms with Crippen LogP contribution in [0.5, 0.6) is 0 Å². The maximum absolute atomic E-state index is 11.7. The number of hydrogen-bond acceptors (Lipinski definition) is 7. The van der Waals surface area contributed by atoms with E-state index >= 15 is 0 Å². The standard InChI is InChI=1S/C10H12N4OS3/c1-5-6(2)17-9(11-5)12-8(15)4-16-10-14-13-7(3)18-10/h4H2,1-3H3,(H,11,12,15). The van der Waals surface area contributed by atoms with E-state index in [0.29, 0.717) is 10.9 Å². The Kier molecular flexibility index (Phi) is 4.31. The van der Waals surface area contributed by atoms with Crippen LogP contribution in [0, 0.1) is 20.8 Å². The van der Waals surface area contributed by atoms with Crippen LogP contribution in [0.1, 0.15) is 15.6 Å². The molecule has 0 aliphatic carbocycles. The average Bonchev–Trinajstić information content (AvgIpc) is 2.84. The number of rotatable bonds is 4. The van der Waals surface area contributed by atoms with Gasteiger partial charge in [0.25, 0.3) is 0 Å². The Hall–Kier alpha value is -0.990. The fourth-order valence-corrected chi connectivity index (χ4v) is 3.59. The van der Waals surface area contributed by atoms with Gasteiger partial charge in [0.15, 0.2) is 9.47 Å². The summed E-state index contributed by atoms with van der Waals surface area (Å²) in [7, 11) is 0. The molecule has 0 spiro atoms. The second-order valence-electron chi connectivity index (χ2n) is 3.58. The van der Waals surface area contributed by atoms with Crippen molar-refractivity contribution in [3.05, 3.63) is 15.6 Å². The van der Waals surface area contributed by atoms with Crippen LogP contribution in [-0.2, 0) is 4.79 Å². The number of thioether (sulfide) groups is 1. The van der Waals surface area contributed by atoms with Gasteiger partial charge in [0, 0.05) is 4.88 Å². The number of nitrogens with one attached hydrogen (secondary N) is 1. The van der Waals surface area contributed by atoms with Crippen LogP contribution in [0.3, 0.4) is 0 Å². The first kappa shape index (κ1) is 13.4. The molecule has 18 heavy (non-hydrogen) atoms. The van der Waals surface area contributed by atoms with E-state index in [0.717, 1.165) is 19.9 Å². The van der Waals surface area contributed by atoms with Crippen molar-refractivity contribution in [1.29, 1.82) is 0 Å². The van der Waals surface area contributed by atoms with Crippen LogP contribution in [-0.4, -0.2) is 26.8 Å². The van der Waals surface area contributed by atoms with Gasteiger partial charge in [-0.15, -0.1) is 21.5 Å². The Bertz CT molecular complexity index is 544. The molecule has 5 nitrogen and oxygen atoms in total. The zero-order valence-electron chi connectivity index (χ0n) is 10.2. The lowest BCUT2D eigenvalue weighted by Gasteiger charge is -1.98. The van der Waals surface area contributed by atoms with Crippen LogP contribution >= 0.6 is 34.4 Å². The van der Waals surface area contributed by atoms with E-state index in [2.05, 4.69) is 20.5 Å². The second-order valence-corrected chi connectivity index (χ2v) is 7.19. The first-order valence-corrected chi connectivity index (χ1v) is 7.83. The topological polar surface area (TPSA) is 67.8 Å². The van der Waals surface area contributed by atoms with E-state index in [1.165, 1.54) is 34.4 Å². The van der Waals surface area contributed by atoms with Gasteiger partial charge < -0.3 is 5.32 Å². The summed E-state index contributed by atoms with van der Waals surface area (Å²) in [5, 5.41) is 12.2. The van der Waals surface area contributed by atoms with Crippen molar-refractivity contribution < 1.29 is 4.79 Å². The van der Waals surface area contributed by atoms with E-state index in [9.17, 15) is 4.79 Å². The maximum atomic E-state index is 11.7. The summed E-state index contributed by atoms with van der Waals surface area (Å²) in [6, 6.07) is 0. The summed E-state index contributed by atoms with van der Waals surface area (Å²) < 4.78 is 0.814. The number of anilines is 1. The van der Waals surface area contributed by atoms with Crippen molar-refractivity contribution in [2.75, 3.05) is 11.1 Å². The smallest absolute Gasteiger partial charge is 0.236 e. The highest BCUT2D eigenvalue weighted by atomic mass is 32.2. The van der Waals surface area contributed by atoms with E-state index in [1.54, 1.807) is 0 Å². The highest BCUT2D eigenvalue weighted by Crippen LogP contribution is 2.23. The number of carbonyl (C=O) groups excluding carboxylic acids is 1. The van der Waals surface area contributed by atoms with Gasteiger partial charge in [-0.1, -0.05) is 23.1 Å². The molecule has 96 valence electrons. The highest BCUT2D eigenvalue weighted by Gasteiger charge is 2.09. The van der Waals surface area contributed by atoms with Crippen LogP contribution in [0.15, 0.2) is 4.34 Å². The van der Waals surface area contributed by atoms with E-state index in [-0.39, 0.29) is 5.91 Å². The molecule has 0 aliphatic heterocycles. The number of hydrogen-bond donors (Lipinski definition) is 1. The van der Waals surface area contributed by atoms with Crippen molar-refractivity contribution in [1.82, 2.24) is 15.2 Å². The molecule has 1 amide bonds. The van der Waals surface area contributed by atoms with Gasteiger partial charge >= 0.3 is 0 Å². The van der Waals surface area contributed by atoms with Crippen molar-refractivity contribution in [3.8, 4) is 0 Å². The minimum Gasteiger partial charge on any atom is -0.301 e. The fraction of sp³-hybridized carbons (Fsp3) is 0.400. The van der Waals surface area contributed by atoms with E-state index in [1.807, 2.05) is 20.8 Å². The van der Waals surface area contributed by atoms with Crippen LogP contribution in [0.25, 0.3) is 0 Å². The number of thiazole rings is 1. The molecule has 1 N–H and O–H groups in total. The molecule has 0 aromatic carbocycles. The lowest BCUT2D eigenvalue weighted by atomic mass is 10.4. The molecule has 0 atom stereocenters. The fourth-order valence-electron chi connectivity index (χ4n) is 1.15. The molecule has 0 fully saturated rings. The average molecular weight is 300 g/mol. The van der Waals surface area contributed by atoms with Crippen molar-refractivity contribution in [2.45, 2.75) is 25.1 Å². The van der Waals surface area contributed by atoms with Crippen LogP contribution in [0.2, 0.25) is 0 Å².